The largest absolute Gasteiger partial charge is 0.423 e. The van der Waals surface area contributed by atoms with E-state index in [4.69, 9.17) is 4.74 Å². The fourth-order valence-corrected chi connectivity index (χ4v) is 2.86. The number of nitro benzene ring substituents is 1. The number of nitrogens with zero attached hydrogens (tertiary/aromatic N) is 1. The second-order valence-electron chi connectivity index (χ2n) is 5.43. The highest BCUT2D eigenvalue weighted by atomic mass is 32.1. The molecule has 3 aromatic rings. The summed E-state index contributed by atoms with van der Waals surface area (Å²) in [6.07, 6.45) is 3.22. The number of nitro groups is 1. The minimum atomic E-state index is -0.713. The van der Waals surface area contributed by atoms with Gasteiger partial charge in [-0.25, -0.2) is 4.79 Å². The number of ether oxygens (including phenoxy) is 1. The van der Waals surface area contributed by atoms with E-state index in [1.165, 1.54) is 47.7 Å². The third kappa shape index (κ3) is 4.74. The fourth-order valence-electron chi connectivity index (χ4n) is 2.24. The van der Waals surface area contributed by atoms with Crippen molar-refractivity contribution in [3.8, 4) is 5.75 Å². The molecule has 27 heavy (non-hydrogen) atoms. The molecule has 0 aliphatic heterocycles. The van der Waals surface area contributed by atoms with Gasteiger partial charge in [-0.15, -0.1) is 11.3 Å². The quantitative estimate of drug-likeness (QED) is 0.154. The summed E-state index contributed by atoms with van der Waals surface area (Å²) in [7, 11) is 0. The van der Waals surface area contributed by atoms with Crippen molar-refractivity contribution >= 4 is 34.9 Å². The van der Waals surface area contributed by atoms with Crippen LogP contribution in [0.15, 0.2) is 72.1 Å². The Morgan fingerprint density at radius 3 is 2.44 bits per heavy atom. The van der Waals surface area contributed by atoms with Gasteiger partial charge in [0.2, 0.25) is 0 Å². The average molecular weight is 379 g/mol. The summed E-state index contributed by atoms with van der Waals surface area (Å²) in [5.74, 6) is -0.638. The van der Waals surface area contributed by atoms with Crippen molar-refractivity contribution in [3.05, 3.63) is 98.2 Å². The zero-order chi connectivity index (χ0) is 19.2. The van der Waals surface area contributed by atoms with Crippen molar-refractivity contribution in [1.29, 1.82) is 0 Å². The monoisotopic (exact) mass is 379 g/mol. The van der Waals surface area contributed by atoms with Gasteiger partial charge in [-0.05, 0) is 53.9 Å². The van der Waals surface area contributed by atoms with Crippen LogP contribution in [0, 0.1) is 10.1 Å². The number of allylic oxidation sites excluding steroid dienone is 1. The normalized spacial score (nSPS) is 10.7. The molecular formula is C20H13NO5S. The van der Waals surface area contributed by atoms with Crippen molar-refractivity contribution in [1.82, 2.24) is 0 Å². The summed E-state index contributed by atoms with van der Waals surface area (Å²) >= 11 is 1.53. The number of ketones is 1. The molecule has 0 unspecified atom stereocenters. The van der Waals surface area contributed by atoms with Gasteiger partial charge in [-0.1, -0.05) is 12.1 Å². The second-order valence-corrected chi connectivity index (χ2v) is 6.41. The maximum atomic E-state index is 12.1. The third-order valence-corrected chi connectivity index (χ3v) is 4.42. The summed E-state index contributed by atoms with van der Waals surface area (Å²) in [5.41, 5.74) is 0.337. The highest BCUT2D eigenvalue weighted by molar-refractivity contribution is 7.10. The van der Waals surface area contributed by atoms with Gasteiger partial charge in [0.15, 0.2) is 5.78 Å². The molecule has 0 amide bonds. The molecule has 134 valence electrons. The molecule has 0 bridgehead atoms. The lowest BCUT2D eigenvalue weighted by Crippen LogP contribution is -2.09. The topological polar surface area (TPSA) is 86.5 Å². The van der Waals surface area contributed by atoms with Crippen LogP contribution in [-0.2, 0) is 0 Å². The van der Waals surface area contributed by atoms with Crippen molar-refractivity contribution in [2.45, 2.75) is 0 Å². The van der Waals surface area contributed by atoms with Gasteiger partial charge in [0, 0.05) is 22.6 Å². The minimum absolute atomic E-state index is 0.0724. The molecule has 0 atom stereocenters. The van der Waals surface area contributed by atoms with Gasteiger partial charge in [0.25, 0.3) is 5.69 Å². The van der Waals surface area contributed by atoms with E-state index in [0.717, 1.165) is 10.9 Å². The van der Waals surface area contributed by atoms with E-state index < -0.39 is 10.9 Å². The first-order chi connectivity index (χ1) is 13.0. The number of benzene rings is 2. The highest BCUT2D eigenvalue weighted by Crippen LogP contribution is 2.18. The standard InChI is InChI=1S/C20H13NO5S/c22-19(11-10-18-5-2-12-27-18)14-6-8-17(9-7-14)26-20(23)15-3-1-4-16(13-15)21(24)25/h1-13H. The van der Waals surface area contributed by atoms with Crippen LogP contribution in [-0.4, -0.2) is 16.7 Å². The lowest BCUT2D eigenvalue weighted by Gasteiger charge is -2.05. The zero-order valence-corrected chi connectivity index (χ0v) is 14.7. The summed E-state index contributed by atoms with van der Waals surface area (Å²) in [4.78, 5) is 35.4. The van der Waals surface area contributed by atoms with Gasteiger partial charge < -0.3 is 4.74 Å². The number of thiophene rings is 1. The molecule has 1 heterocycles. The Morgan fingerprint density at radius 1 is 1.00 bits per heavy atom. The molecule has 0 aliphatic carbocycles. The number of hydrogen-bond acceptors (Lipinski definition) is 6. The zero-order valence-electron chi connectivity index (χ0n) is 13.9. The predicted molar refractivity (Wildman–Crippen MR) is 102 cm³/mol. The SMILES string of the molecule is O=C(C=Cc1cccs1)c1ccc(OC(=O)c2cccc([N+](=O)[O-])c2)cc1. The molecule has 0 aliphatic rings. The fraction of sp³-hybridized carbons (Fsp3) is 0. The van der Waals surface area contributed by atoms with E-state index in [0.29, 0.717) is 5.56 Å². The highest BCUT2D eigenvalue weighted by Gasteiger charge is 2.13. The lowest BCUT2D eigenvalue weighted by atomic mass is 10.1. The third-order valence-electron chi connectivity index (χ3n) is 3.58. The Bertz CT molecular complexity index is 1010. The molecule has 1 aromatic heterocycles. The molecule has 2 aromatic carbocycles. The van der Waals surface area contributed by atoms with E-state index in [1.54, 1.807) is 18.2 Å². The Balaban J connectivity index is 1.66. The number of esters is 1. The first-order valence-electron chi connectivity index (χ1n) is 7.85. The second kappa shape index (κ2) is 8.20. The van der Waals surface area contributed by atoms with E-state index in [-0.39, 0.29) is 22.8 Å². The molecule has 0 fully saturated rings. The van der Waals surface area contributed by atoms with Crippen LogP contribution in [0.2, 0.25) is 0 Å². The number of hydrogen-bond donors (Lipinski definition) is 0. The minimum Gasteiger partial charge on any atom is -0.423 e. The maximum absolute atomic E-state index is 12.1. The van der Waals surface area contributed by atoms with Crippen LogP contribution in [0.4, 0.5) is 5.69 Å². The van der Waals surface area contributed by atoms with E-state index in [1.807, 2.05) is 17.5 Å². The summed E-state index contributed by atoms with van der Waals surface area (Å²) in [6, 6.07) is 15.2. The van der Waals surface area contributed by atoms with Gasteiger partial charge in [0.1, 0.15) is 5.75 Å². The van der Waals surface area contributed by atoms with E-state index in [9.17, 15) is 19.7 Å². The molecular weight excluding hydrogens is 366 g/mol. The van der Waals surface area contributed by atoms with Crippen molar-refractivity contribution in [2.24, 2.45) is 0 Å². The Kier molecular flexibility index (Phi) is 5.53. The van der Waals surface area contributed by atoms with Crippen LogP contribution in [0.3, 0.4) is 0 Å². The van der Waals surface area contributed by atoms with Crippen LogP contribution in [0.1, 0.15) is 25.6 Å². The van der Waals surface area contributed by atoms with Gasteiger partial charge in [-0.2, -0.15) is 0 Å². The molecule has 0 saturated heterocycles. The summed E-state index contributed by atoms with van der Waals surface area (Å²) in [6.45, 7) is 0. The van der Waals surface area contributed by atoms with Crippen molar-refractivity contribution in [3.63, 3.8) is 0 Å². The van der Waals surface area contributed by atoms with Crippen molar-refractivity contribution < 1.29 is 19.2 Å². The Labute approximate surface area is 158 Å². The number of rotatable bonds is 6. The van der Waals surface area contributed by atoms with Crippen LogP contribution < -0.4 is 4.74 Å². The molecule has 0 spiro atoms. The molecule has 3 rings (SSSR count). The molecule has 0 saturated carbocycles. The lowest BCUT2D eigenvalue weighted by molar-refractivity contribution is -0.384. The first kappa shape index (κ1) is 18.2. The molecule has 6 nitrogen and oxygen atoms in total. The summed E-state index contributed by atoms with van der Waals surface area (Å²) in [5, 5.41) is 12.7. The van der Waals surface area contributed by atoms with Crippen LogP contribution >= 0.6 is 11.3 Å². The predicted octanol–water partition coefficient (Wildman–Crippen LogP) is 4.77. The van der Waals surface area contributed by atoms with Gasteiger partial charge in [-0.3, -0.25) is 14.9 Å². The number of non-ortho nitro benzene ring substituents is 1. The summed E-state index contributed by atoms with van der Waals surface area (Å²) < 4.78 is 5.20. The van der Waals surface area contributed by atoms with Crippen molar-refractivity contribution in [2.75, 3.05) is 0 Å². The maximum Gasteiger partial charge on any atom is 0.343 e. The number of carbonyl (C=O) groups excluding carboxylic acids is 2. The van der Waals surface area contributed by atoms with E-state index >= 15 is 0 Å². The van der Waals surface area contributed by atoms with Gasteiger partial charge >= 0.3 is 5.97 Å². The molecule has 7 heteroatoms. The smallest absolute Gasteiger partial charge is 0.343 e. The van der Waals surface area contributed by atoms with Crippen LogP contribution in [0.5, 0.6) is 5.75 Å². The molecule has 0 N–H and O–H groups in total. The molecule has 0 radical (unpaired) electrons. The Hall–Kier alpha value is -3.58. The van der Waals surface area contributed by atoms with E-state index in [2.05, 4.69) is 0 Å². The number of carbonyl (C=O) groups is 2. The van der Waals surface area contributed by atoms with Gasteiger partial charge in [0.05, 0.1) is 10.5 Å². The Morgan fingerprint density at radius 2 is 1.78 bits per heavy atom. The first-order valence-corrected chi connectivity index (χ1v) is 8.73. The average Bonchev–Trinajstić information content (AvgIpc) is 3.20. The van der Waals surface area contributed by atoms with Crippen LogP contribution in [0.25, 0.3) is 6.08 Å².